The lowest BCUT2D eigenvalue weighted by Crippen LogP contribution is -2.42. The molecular formula is C42H52Cl2N8O3. The van der Waals surface area contributed by atoms with E-state index in [1.807, 2.05) is 47.5 Å². The third-order valence-corrected chi connectivity index (χ3v) is 13.4. The van der Waals surface area contributed by atoms with Crippen LogP contribution in [0.25, 0.3) is 11.1 Å². The van der Waals surface area contributed by atoms with Crippen molar-refractivity contribution in [3.63, 3.8) is 0 Å². The standard InChI is InChI=1S/C42H52Cl2N8O3/c1-49-35-19-22-51(21-18-26-8-4-3-5-9-26)24-33(35)45-39(49)41(54)47-31-12-6-10-29(37(31)43)30-11-7-13-32(38(30)44)48-42(55)40-46-34-25-52(23-20-36(34)50(40)2)27-14-16-28(53)17-15-27/h6-7,10-13,26-28,53H,3-5,8-9,14-25H2,1-2H3,(H,47,54)(H,48,55). The lowest BCUT2D eigenvalue weighted by Gasteiger charge is -2.37. The molecular weight excluding hydrogens is 735 g/mol. The number of benzene rings is 2. The van der Waals surface area contributed by atoms with Crippen molar-refractivity contribution in [3.8, 4) is 11.1 Å². The van der Waals surface area contributed by atoms with Gasteiger partial charge in [-0.2, -0.15) is 0 Å². The van der Waals surface area contributed by atoms with E-state index >= 15 is 0 Å². The van der Waals surface area contributed by atoms with E-state index in [-0.39, 0.29) is 17.9 Å². The van der Waals surface area contributed by atoms with Crippen molar-refractivity contribution in [2.24, 2.45) is 20.0 Å². The van der Waals surface area contributed by atoms with Crippen molar-refractivity contribution >= 4 is 46.4 Å². The first kappa shape index (κ1) is 38.1. The number of rotatable bonds is 9. The van der Waals surface area contributed by atoms with Gasteiger partial charge >= 0.3 is 0 Å². The minimum Gasteiger partial charge on any atom is -0.393 e. The highest BCUT2D eigenvalue weighted by molar-refractivity contribution is 6.40. The number of amides is 2. The largest absolute Gasteiger partial charge is 0.393 e. The zero-order chi connectivity index (χ0) is 38.2. The molecule has 11 nitrogen and oxygen atoms in total. The molecule has 55 heavy (non-hydrogen) atoms. The first-order valence-electron chi connectivity index (χ1n) is 20.1. The molecule has 2 fully saturated rings. The first-order chi connectivity index (χ1) is 26.6. The van der Waals surface area contributed by atoms with Gasteiger partial charge in [-0.05, 0) is 56.7 Å². The Kier molecular flexibility index (Phi) is 11.4. The maximum atomic E-state index is 13.7. The molecule has 2 aliphatic carbocycles. The van der Waals surface area contributed by atoms with Crippen LogP contribution < -0.4 is 10.6 Å². The van der Waals surface area contributed by atoms with Gasteiger partial charge < -0.3 is 24.9 Å². The fraction of sp³-hybridized carbons (Fsp3) is 0.524. The van der Waals surface area contributed by atoms with Crippen LogP contribution in [0, 0.1) is 5.92 Å². The summed E-state index contributed by atoms with van der Waals surface area (Å²) < 4.78 is 3.81. The van der Waals surface area contributed by atoms with E-state index in [1.54, 1.807) is 12.1 Å². The Morgan fingerprint density at radius 1 is 0.745 bits per heavy atom. The minimum atomic E-state index is -0.347. The number of hydrogen-bond donors (Lipinski definition) is 3. The van der Waals surface area contributed by atoms with Crippen LogP contribution in [0.1, 0.15) is 108 Å². The topological polar surface area (TPSA) is 121 Å². The van der Waals surface area contributed by atoms with Crippen molar-refractivity contribution in [1.29, 1.82) is 0 Å². The highest BCUT2D eigenvalue weighted by Gasteiger charge is 2.32. The number of anilines is 2. The number of fused-ring (bicyclic) bond motifs is 2. The molecule has 0 unspecified atom stereocenters. The van der Waals surface area contributed by atoms with Gasteiger partial charge in [0.1, 0.15) is 0 Å². The Morgan fingerprint density at radius 2 is 1.29 bits per heavy atom. The number of carbonyl (C=O) groups is 2. The van der Waals surface area contributed by atoms with Crippen LogP contribution in [0.2, 0.25) is 10.0 Å². The molecule has 3 N–H and O–H groups in total. The van der Waals surface area contributed by atoms with Gasteiger partial charge in [0, 0.05) is 81.7 Å². The van der Waals surface area contributed by atoms with Gasteiger partial charge in [0.15, 0.2) is 11.6 Å². The van der Waals surface area contributed by atoms with E-state index in [9.17, 15) is 14.7 Å². The fourth-order valence-electron chi connectivity index (χ4n) is 9.33. The number of aliphatic hydroxyl groups is 1. The van der Waals surface area contributed by atoms with Crippen LogP contribution in [0.5, 0.6) is 0 Å². The number of halogens is 2. The number of nitrogens with one attached hydrogen (secondary N) is 2. The summed E-state index contributed by atoms with van der Waals surface area (Å²) in [4.78, 5) is 41.9. The van der Waals surface area contributed by atoms with E-state index in [4.69, 9.17) is 33.2 Å². The molecule has 292 valence electrons. The zero-order valence-electron chi connectivity index (χ0n) is 31.9. The molecule has 0 bridgehead atoms. The third-order valence-electron chi connectivity index (χ3n) is 12.6. The Bertz CT molecular complexity index is 2060. The summed E-state index contributed by atoms with van der Waals surface area (Å²) in [6.07, 6.45) is 13.2. The molecule has 2 aliphatic heterocycles. The number of hydrogen-bond acceptors (Lipinski definition) is 7. The van der Waals surface area contributed by atoms with Crippen molar-refractivity contribution in [2.75, 3.05) is 30.3 Å². The number of nitrogens with zero attached hydrogens (tertiary/aromatic N) is 6. The van der Waals surface area contributed by atoms with E-state index in [0.717, 1.165) is 93.4 Å². The van der Waals surface area contributed by atoms with E-state index in [0.29, 0.717) is 56.8 Å². The normalized spacial score (nSPS) is 20.9. The van der Waals surface area contributed by atoms with Gasteiger partial charge in [0.2, 0.25) is 0 Å². The summed E-state index contributed by atoms with van der Waals surface area (Å²) in [6, 6.07) is 11.3. The first-order valence-corrected chi connectivity index (χ1v) is 20.8. The summed E-state index contributed by atoms with van der Waals surface area (Å²) in [5.74, 6) is 0.861. The second-order valence-electron chi connectivity index (χ2n) is 16.0. The van der Waals surface area contributed by atoms with Crippen LogP contribution >= 0.6 is 23.2 Å². The lowest BCUT2D eigenvalue weighted by atomic mass is 9.87. The predicted molar refractivity (Wildman–Crippen MR) is 217 cm³/mol. The molecule has 13 heteroatoms. The SMILES string of the molecule is Cn1c(C(=O)Nc2cccc(-c3cccc(NC(=O)c4nc5c(n4C)CCN(C4CCC(O)CC4)C5)c3Cl)c2Cl)nc2c1CCN(CCC1CCCCC1)C2. The summed E-state index contributed by atoms with van der Waals surface area (Å²) in [5, 5.41) is 16.6. The van der Waals surface area contributed by atoms with E-state index in [2.05, 4.69) is 20.4 Å². The highest BCUT2D eigenvalue weighted by atomic mass is 35.5. The summed E-state index contributed by atoms with van der Waals surface area (Å²) in [7, 11) is 3.80. The van der Waals surface area contributed by atoms with Crippen LogP contribution in [-0.2, 0) is 40.0 Å². The molecule has 2 amide bonds. The molecule has 2 aromatic carbocycles. The summed E-state index contributed by atoms with van der Waals surface area (Å²) in [6.45, 7) is 4.42. The third kappa shape index (κ3) is 7.96. The maximum absolute atomic E-state index is 13.7. The van der Waals surface area contributed by atoms with Crippen LogP contribution in [0.15, 0.2) is 36.4 Å². The number of carbonyl (C=O) groups excluding carboxylic acids is 2. The molecule has 4 heterocycles. The Morgan fingerprint density at radius 3 is 1.87 bits per heavy atom. The maximum Gasteiger partial charge on any atom is 0.291 e. The number of aliphatic hydroxyl groups excluding tert-OH is 1. The van der Waals surface area contributed by atoms with Gasteiger partial charge in [0.05, 0.1) is 38.9 Å². The number of imidazole rings is 2. The fourth-order valence-corrected chi connectivity index (χ4v) is 9.88. The minimum absolute atomic E-state index is 0.192. The molecule has 0 spiro atoms. The van der Waals surface area contributed by atoms with Gasteiger partial charge in [-0.25, -0.2) is 9.97 Å². The molecule has 8 rings (SSSR count). The highest BCUT2D eigenvalue weighted by Crippen LogP contribution is 2.40. The molecule has 0 radical (unpaired) electrons. The van der Waals surface area contributed by atoms with Gasteiger partial charge in [-0.3, -0.25) is 19.4 Å². The quantitative estimate of drug-likeness (QED) is 0.160. The molecule has 2 saturated carbocycles. The van der Waals surface area contributed by atoms with Crippen LogP contribution in [0.3, 0.4) is 0 Å². The predicted octanol–water partition coefficient (Wildman–Crippen LogP) is 7.62. The average Bonchev–Trinajstić information content (AvgIpc) is 3.71. The van der Waals surface area contributed by atoms with E-state index in [1.165, 1.54) is 38.5 Å². The smallest absolute Gasteiger partial charge is 0.291 e. The van der Waals surface area contributed by atoms with Crippen LogP contribution in [-0.4, -0.2) is 77.6 Å². The zero-order valence-corrected chi connectivity index (χ0v) is 33.4. The number of aromatic nitrogens is 4. The van der Waals surface area contributed by atoms with Crippen molar-refractivity contribution < 1.29 is 14.7 Å². The molecule has 0 saturated heterocycles. The van der Waals surface area contributed by atoms with Gasteiger partial charge in [-0.1, -0.05) is 79.6 Å². The van der Waals surface area contributed by atoms with E-state index < -0.39 is 0 Å². The Hall–Kier alpha value is -3.74. The van der Waals surface area contributed by atoms with Crippen molar-refractivity contribution in [3.05, 3.63) is 80.9 Å². The Labute approximate surface area is 333 Å². The second-order valence-corrected chi connectivity index (χ2v) is 16.8. The summed E-state index contributed by atoms with van der Waals surface area (Å²) in [5.41, 5.74) is 6.20. The van der Waals surface area contributed by atoms with Gasteiger partial charge in [-0.15, -0.1) is 0 Å². The molecule has 0 atom stereocenters. The monoisotopic (exact) mass is 786 g/mol. The Balaban J connectivity index is 0.940. The van der Waals surface area contributed by atoms with Crippen molar-refractivity contribution in [1.82, 2.24) is 28.9 Å². The molecule has 4 aromatic rings. The van der Waals surface area contributed by atoms with Crippen molar-refractivity contribution in [2.45, 2.75) is 102 Å². The van der Waals surface area contributed by atoms with Crippen LogP contribution in [0.4, 0.5) is 11.4 Å². The summed E-state index contributed by atoms with van der Waals surface area (Å²) >= 11 is 14.0. The van der Waals surface area contributed by atoms with Gasteiger partial charge in [0.25, 0.3) is 11.8 Å². The lowest BCUT2D eigenvalue weighted by molar-refractivity contribution is 0.0668. The molecule has 4 aliphatic rings. The molecule has 2 aromatic heterocycles. The average molecular weight is 788 g/mol. The second kappa shape index (κ2) is 16.4.